The van der Waals surface area contributed by atoms with Crippen LogP contribution in [0.25, 0.3) is 55.0 Å². The smallest absolute Gasteiger partial charge is 0.169 e. The Morgan fingerprint density at radius 3 is 2.76 bits per heavy atom. The molecule has 0 atom stereocenters. The first-order chi connectivity index (χ1) is 16.1. The first kappa shape index (κ1) is 19.3. The fraction of sp³-hybridized carbons (Fsp3) is 0.0417. The molecule has 0 saturated heterocycles. The largest absolute Gasteiger partial charge is 0.397 e. The number of aromatic nitrogens is 6. The summed E-state index contributed by atoms with van der Waals surface area (Å²) in [6.45, 7) is 1.58. The van der Waals surface area contributed by atoms with Gasteiger partial charge in [0.05, 0.1) is 33.7 Å². The highest BCUT2D eigenvalue weighted by atomic mass is 32.1. The monoisotopic (exact) mass is 451 g/mol. The van der Waals surface area contributed by atoms with Crippen molar-refractivity contribution in [3.8, 4) is 33.1 Å². The Bertz CT molecular complexity index is 1680. The maximum atomic E-state index is 11.8. The van der Waals surface area contributed by atoms with Gasteiger partial charge in [0.2, 0.25) is 0 Å². The number of nitrogen functional groups attached to an aromatic ring is 1. The van der Waals surface area contributed by atoms with Gasteiger partial charge in [0.25, 0.3) is 0 Å². The van der Waals surface area contributed by atoms with Gasteiger partial charge in [-0.15, -0.1) is 11.3 Å². The minimum absolute atomic E-state index is 0.0640. The quantitative estimate of drug-likeness (QED) is 0.321. The number of fused-ring (bicyclic) bond motifs is 2. The van der Waals surface area contributed by atoms with Crippen LogP contribution in [0.4, 0.5) is 5.69 Å². The van der Waals surface area contributed by atoms with Crippen LogP contribution < -0.4 is 5.73 Å². The first-order valence-corrected chi connectivity index (χ1v) is 11.0. The molecule has 4 N–H and O–H groups in total. The van der Waals surface area contributed by atoms with E-state index in [-0.39, 0.29) is 5.78 Å². The topological polar surface area (TPSA) is 126 Å². The van der Waals surface area contributed by atoms with Crippen molar-refractivity contribution in [1.29, 1.82) is 0 Å². The van der Waals surface area contributed by atoms with Gasteiger partial charge in [-0.25, -0.2) is 4.98 Å². The van der Waals surface area contributed by atoms with Gasteiger partial charge in [0.15, 0.2) is 5.78 Å². The SMILES string of the molecule is CC(=O)c1ccc(-c2ccnc3[nH]c(-c4n[nH]c5cnc(-c6cncc(N)c6)cc45)cc23)s1. The number of nitrogens with one attached hydrogen (secondary N) is 2. The Kier molecular flexibility index (Phi) is 4.30. The van der Waals surface area contributed by atoms with Crippen LogP contribution in [-0.4, -0.2) is 35.9 Å². The predicted octanol–water partition coefficient (Wildman–Crippen LogP) is 5.08. The number of aromatic amines is 2. The average molecular weight is 452 g/mol. The second-order valence-electron chi connectivity index (χ2n) is 7.72. The van der Waals surface area contributed by atoms with Crippen molar-refractivity contribution in [2.45, 2.75) is 6.92 Å². The van der Waals surface area contributed by atoms with E-state index >= 15 is 0 Å². The number of H-pyrrole nitrogens is 2. The summed E-state index contributed by atoms with van der Waals surface area (Å²) < 4.78 is 0. The van der Waals surface area contributed by atoms with E-state index in [9.17, 15) is 4.79 Å². The van der Waals surface area contributed by atoms with Gasteiger partial charge < -0.3 is 10.7 Å². The van der Waals surface area contributed by atoms with Crippen LogP contribution in [0.3, 0.4) is 0 Å². The molecule has 33 heavy (non-hydrogen) atoms. The summed E-state index contributed by atoms with van der Waals surface area (Å²) >= 11 is 1.48. The molecule has 6 aromatic rings. The number of nitrogens with two attached hydrogens (primary N) is 1. The molecule has 0 radical (unpaired) electrons. The molecule has 6 rings (SSSR count). The number of ketones is 1. The summed E-state index contributed by atoms with van der Waals surface area (Å²) in [6, 6.07) is 11.7. The predicted molar refractivity (Wildman–Crippen MR) is 130 cm³/mol. The van der Waals surface area contributed by atoms with E-state index < -0.39 is 0 Å². The fourth-order valence-corrected chi connectivity index (χ4v) is 4.86. The lowest BCUT2D eigenvalue weighted by Gasteiger charge is -2.02. The van der Waals surface area contributed by atoms with Crippen molar-refractivity contribution in [1.82, 2.24) is 30.1 Å². The molecule has 9 heteroatoms. The van der Waals surface area contributed by atoms with E-state index in [0.717, 1.165) is 59.9 Å². The van der Waals surface area contributed by atoms with Gasteiger partial charge in [0.1, 0.15) is 11.3 Å². The van der Waals surface area contributed by atoms with Crippen molar-refractivity contribution in [3.63, 3.8) is 0 Å². The minimum atomic E-state index is 0.0640. The number of Topliss-reactive ketones (excluding diaryl/α,β-unsaturated/α-hetero) is 1. The normalized spacial score (nSPS) is 11.4. The van der Waals surface area contributed by atoms with E-state index in [2.05, 4.69) is 30.1 Å². The van der Waals surface area contributed by atoms with E-state index in [0.29, 0.717) is 5.69 Å². The van der Waals surface area contributed by atoms with Crippen molar-refractivity contribution in [3.05, 3.63) is 66.1 Å². The fourth-order valence-electron chi connectivity index (χ4n) is 3.92. The highest BCUT2D eigenvalue weighted by Gasteiger charge is 2.16. The molecule has 0 bridgehead atoms. The van der Waals surface area contributed by atoms with Crippen molar-refractivity contribution in [2.75, 3.05) is 5.73 Å². The highest BCUT2D eigenvalue weighted by Crippen LogP contribution is 2.36. The number of carbonyl (C=O) groups is 1. The van der Waals surface area contributed by atoms with Gasteiger partial charge >= 0.3 is 0 Å². The van der Waals surface area contributed by atoms with E-state index in [1.165, 1.54) is 11.3 Å². The number of carbonyl (C=O) groups excluding carboxylic acids is 1. The average Bonchev–Trinajstić information content (AvgIpc) is 3.55. The highest BCUT2D eigenvalue weighted by molar-refractivity contribution is 7.17. The lowest BCUT2D eigenvalue weighted by Crippen LogP contribution is -1.89. The summed E-state index contributed by atoms with van der Waals surface area (Å²) in [5, 5.41) is 9.48. The third-order valence-corrected chi connectivity index (χ3v) is 6.73. The molecule has 0 spiro atoms. The molecule has 0 aliphatic heterocycles. The van der Waals surface area contributed by atoms with Crippen LogP contribution in [0.2, 0.25) is 0 Å². The van der Waals surface area contributed by atoms with Crippen LogP contribution in [0.15, 0.2) is 61.2 Å². The molecule has 0 fully saturated rings. The zero-order valence-corrected chi connectivity index (χ0v) is 18.3. The molecule has 160 valence electrons. The van der Waals surface area contributed by atoms with Gasteiger partial charge in [-0.2, -0.15) is 5.10 Å². The van der Waals surface area contributed by atoms with Gasteiger partial charge in [-0.1, -0.05) is 0 Å². The van der Waals surface area contributed by atoms with E-state index in [4.69, 9.17) is 5.73 Å². The number of hydrogen-bond donors (Lipinski definition) is 3. The Morgan fingerprint density at radius 2 is 1.94 bits per heavy atom. The number of thiophene rings is 1. The Morgan fingerprint density at radius 1 is 1.03 bits per heavy atom. The van der Waals surface area contributed by atoms with Crippen LogP contribution in [0.5, 0.6) is 0 Å². The van der Waals surface area contributed by atoms with Crippen LogP contribution in [-0.2, 0) is 0 Å². The molecule has 0 unspecified atom stereocenters. The number of hydrogen-bond acceptors (Lipinski definition) is 7. The minimum Gasteiger partial charge on any atom is -0.397 e. The van der Waals surface area contributed by atoms with E-state index in [1.54, 1.807) is 31.7 Å². The molecule has 6 heterocycles. The summed E-state index contributed by atoms with van der Waals surface area (Å²) in [4.78, 5) is 30.1. The molecule has 0 aliphatic rings. The number of pyridine rings is 3. The molecule has 0 amide bonds. The Balaban J connectivity index is 1.48. The van der Waals surface area contributed by atoms with E-state index in [1.807, 2.05) is 36.4 Å². The zero-order chi connectivity index (χ0) is 22.5. The second kappa shape index (κ2) is 7.35. The van der Waals surface area contributed by atoms with Crippen LogP contribution in [0.1, 0.15) is 16.6 Å². The number of rotatable bonds is 4. The van der Waals surface area contributed by atoms with Crippen LogP contribution >= 0.6 is 11.3 Å². The Hall–Kier alpha value is -4.37. The molecule has 6 aromatic heterocycles. The number of anilines is 1. The second-order valence-corrected chi connectivity index (χ2v) is 8.80. The summed E-state index contributed by atoms with van der Waals surface area (Å²) in [5.41, 5.74) is 12.3. The molecule has 0 aliphatic carbocycles. The maximum absolute atomic E-state index is 11.8. The summed E-state index contributed by atoms with van der Waals surface area (Å²) in [7, 11) is 0. The number of nitrogens with zero attached hydrogens (tertiary/aromatic N) is 4. The Labute approximate surface area is 191 Å². The zero-order valence-electron chi connectivity index (χ0n) is 17.5. The van der Waals surface area contributed by atoms with Crippen molar-refractivity contribution < 1.29 is 4.79 Å². The van der Waals surface area contributed by atoms with Gasteiger partial charge in [-0.05, 0) is 43.3 Å². The van der Waals surface area contributed by atoms with Gasteiger partial charge in [0, 0.05) is 45.4 Å². The molecular weight excluding hydrogens is 434 g/mol. The molecule has 0 saturated carbocycles. The summed E-state index contributed by atoms with van der Waals surface area (Å²) in [5.74, 6) is 0.0640. The standard InChI is InChI=1S/C24H17N7OS/c1-12(32)21-2-3-22(33-21)15-4-5-27-24-16(15)7-19(29-24)23-17-8-18(28-11-20(17)30-31-23)13-6-14(25)10-26-9-13/h2-11H,25H2,1H3,(H,27,29)(H,30,31). The first-order valence-electron chi connectivity index (χ1n) is 10.2. The third-order valence-electron chi connectivity index (χ3n) is 5.51. The van der Waals surface area contributed by atoms with Gasteiger partial charge in [-0.3, -0.25) is 19.9 Å². The lowest BCUT2D eigenvalue weighted by atomic mass is 10.1. The lowest BCUT2D eigenvalue weighted by molar-refractivity contribution is 0.102. The van der Waals surface area contributed by atoms with Crippen LogP contribution in [0, 0.1) is 0 Å². The van der Waals surface area contributed by atoms with Crippen molar-refractivity contribution >= 4 is 44.7 Å². The third kappa shape index (κ3) is 3.26. The van der Waals surface area contributed by atoms with Crippen molar-refractivity contribution in [2.24, 2.45) is 0 Å². The maximum Gasteiger partial charge on any atom is 0.169 e. The molecule has 8 nitrogen and oxygen atoms in total. The summed E-state index contributed by atoms with van der Waals surface area (Å²) in [6.07, 6.45) is 6.86. The molecular formula is C24H17N7OS. The molecule has 0 aromatic carbocycles.